The molecule has 4 rings (SSSR count). The lowest BCUT2D eigenvalue weighted by molar-refractivity contribution is -0.385. The molecule has 2 heterocycles. The van der Waals surface area contributed by atoms with Crippen LogP contribution in [-0.4, -0.2) is 43.5 Å². The molecule has 198 valence electrons. The highest BCUT2D eigenvalue weighted by Gasteiger charge is 2.33. The van der Waals surface area contributed by atoms with E-state index in [-0.39, 0.29) is 17.3 Å². The van der Waals surface area contributed by atoms with Crippen molar-refractivity contribution in [1.29, 1.82) is 0 Å². The van der Waals surface area contributed by atoms with E-state index in [2.05, 4.69) is 13.8 Å². The van der Waals surface area contributed by atoms with Gasteiger partial charge in [0.05, 0.1) is 22.6 Å². The number of nitro benzene ring substituents is 1. The number of nitrogens with zero attached hydrogens (tertiary/aromatic N) is 4. The van der Waals surface area contributed by atoms with Gasteiger partial charge in [0, 0.05) is 29.9 Å². The minimum Gasteiger partial charge on any atom is -0.490 e. The quantitative estimate of drug-likeness (QED) is 0.111. The number of aromatic nitrogens is 2. The third kappa shape index (κ3) is 5.97. The maximum Gasteiger partial charge on any atom is 0.311 e. The fraction of sp³-hybridized carbons (Fsp3) is 0.321. The van der Waals surface area contributed by atoms with Gasteiger partial charge in [0.1, 0.15) is 10.0 Å². The summed E-state index contributed by atoms with van der Waals surface area (Å²) in [5.74, 6) is 0.444. The largest absolute Gasteiger partial charge is 0.490 e. The van der Waals surface area contributed by atoms with Crippen LogP contribution in [0.15, 0.2) is 59.6 Å². The van der Waals surface area contributed by atoms with Gasteiger partial charge in [-0.15, -0.1) is 0 Å². The first-order valence-electron chi connectivity index (χ1n) is 12.6. The zero-order chi connectivity index (χ0) is 27.2. The maximum absolute atomic E-state index is 13.4. The smallest absolute Gasteiger partial charge is 0.311 e. The highest BCUT2D eigenvalue weighted by molar-refractivity contribution is 8.26. The fourth-order valence-corrected chi connectivity index (χ4v) is 5.65. The van der Waals surface area contributed by atoms with Crippen molar-refractivity contribution in [1.82, 2.24) is 14.7 Å². The molecule has 0 spiro atoms. The number of para-hydroxylation sites is 1. The zero-order valence-corrected chi connectivity index (χ0v) is 23.3. The Morgan fingerprint density at radius 3 is 2.63 bits per heavy atom. The number of hydrogen-bond acceptors (Lipinski definition) is 7. The SMILES string of the molecule is CCCCC(CC)CN1C(=O)C(=Cc2cn(-c3ccccc3)nc2-c2ccc(OC)c([N+](=O)[O-])c2)SC1=S. The molecule has 1 aromatic heterocycles. The lowest BCUT2D eigenvalue weighted by Crippen LogP contribution is -2.33. The van der Waals surface area contributed by atoms with Gasteiger partial charge in [-0.3, -0.25) is 19.8 Å². The van der Waals surface area contributed by atoms with E-state index in [0.717, 1.165) is 31.4 Å². The van der Waals surface area contributed by atoms with Gasteiger partial charge in [0.15, 0.2) is 5.75 Å². The van der Waals surface area contributed by atoms with Crippen molar-refractivity contribution in [3.05, 3.63) is 75.3 Å². The average Bonchev–Trinajstić information content (AvgIpc) is 3.47. The molecule has 1 fully saturated rings. The number of rotatable bonds is 11. The summed E-state index contributed by atoms with van der Waals surface area (Å²) in [5, 5.41) is 16.4. The summed E-state index contributed by atoms with van der Waals surface area (Å²) in [6.45, 7) is 4.92. The predicted octanol–water partition coefficient (Wildman–Crippen LogP) is 6.87. The lowest BCUT2D eigenvalue weighted by atomic mass is 9.99. The number of thiocarbonyl (C=S) groups is 1. The van der Waals surface area contributed by atoms with E-state index in [1.807, 2.05) is 36.5 Å². The van der Waals surface area contributed by atoms with Crippen LogP contribution in [0.2, 0.25) is 0 Å². The first kappa shape index (κ1) is 27.5. The van der Waals surface area contributed by atoms with Crippen molar-refractivity contribution in [3.63, 3.8) is 0 Å². The Hall–Kier alpha value is -3.50. The van der Waals surface area contributed by atoms with Crippen LogP contribution in [0.5, 0.6) is 5.75 Å². The summed E-state index contributed by atoms with van der Waals surface area (Å²) < 4.78 is 7.42. The van der Waals surface area contributed by atoms with Crippen LogP contribution in [0.1, 0.15) is 45.1 Å². The monoisotopic (exact) mass is 550 g/mol. The van der Waals surface area contributed by atoms with Crippen LogP contribution in [0.25, 0.3) is 23.0 Å². The van der Waals surface area contributed by atoms with Crippen LogP contribution < -0.4 is 4.74 Å². The molecular weight excluding hydrogens is 520 g/mol. The molecule has 10 heteroatoms. The van der Waals surface area contributed by atoms with Gasteiger partial charge >= 0.3 is 5.69 Å². The van der Waals surface area contributed by atoms with Crippen molar-refractivity contribution < 1.29 is 14.5 Å². The Morgan fingerprint density at radius 2 is 1.97 bits per heavy atom. The van der Waals surface area contributed by atoms with E-state index in [1.165, 1.54) is 24.9 Å². The van der Waals surface area contributed by atoms with Gasteiger partial charge in [-0.25, -0.2) is 4.68 Å². The molecule has 3 aromatic rings. The van der Waals surface area contributed by atoms with Crippen molar-refractivity contribution in [2.45, 2.75) is 39.5 Å². The first-order valence-corrected chi connectivity index (χ1v) is 13.8. The summed E-state index contributed by atoms with van der Waals surface area (Å²) in [6, 6.07) is 14.3. The number of unbranched alkanes of at least 4 members (excludes halogenated alkanes) is 1. The van der Waals surface area contributed by atoms with E-state index in [4.69, 9.17) is 22.1 Å². The predicted molar refractivity (Wildman–Crippen MR) is 155 cm³/mol. The number of thioether (sulfide) groups is 1. The number of amides is 1. The highest BCUT2D eigenvalue weighted by atomic mass is 32.2. The average molecular weight is 551 g/mol. The topological polar surface area (TPSA) is 90.5 Å². The van der Waals surface area contributed by atoms with Crippen molar-refractivity contribution in [3.8, 4) is 22.7 Å². The second-order valence-electron chi connectivity index (χ2n) is 9.07. The summed E-state index contributed by atoms with van der Waals surface area (Å²) in [7, 11) is 1.39. The Kier molecular flexibility index (Phi) is 8.96. The number of hydrogen-bond donors (Lipinski definition) is 0. The second-order valence-corrected chi connectivity index (χ2v) is 10.7. The molecular formula is C28H30N4O4S2. The van der Waals surface area contributed by atoms with Gasteiger partial charge in [0.25, 0.3) is 5.91 Å². The summed E-state index contributed by atoms with van der Waals surface area (Å²) in [6.07, 6.45) is 7.90. The van der Waals surface area contributed by atoms with E-state index in [0.29, 0.717) is 38.5 Å². The van der Waals surface area contributed by atoms with Gasteiger partial charge in [0.2, 0.25) is 0 Å². The summed E-state index contributed by atoms with van der Waals surface area (Å²) in [4.78, 5) is 26.8. The van der Waals surface area contributed by atoms with Crippen molar-refractivity contribution in [2.75, 3.05) is 13.7 Å². The molecule has 1 amide bonds. The van der Waals surface area contributed by atoms with E-state index < -0.39 is 4.92 Å². The van der Waals surface area contributed by atoms with E-state index >= 15 is 0 Å². The Bertz CT molecular complexity index is 1370. The molecule has 0 N–H and O–H groups in total. The number of carbonyl (C=O) groups excluding carboxylic acids is 1. The Labute approximate surface area is 231 Å². The van der Waals surface area contributed by atoms with Crippen molar-refractivity contribution in [2.24, 2.45) is 5.92 Å². The summed E-state index contributed by atoms with van der Waals surface area (Å²) in [5.41, 5.74) is 2.38. The molecule has 2 aromatic carbocycles. The lowest BCUT2D eigenvalue weighted by Gasteiger charge is -2.21. The Balaban J connectivity index is 1.74. The third-order valence-electron chi connectivity index (χ3n) is 6.56. The van der Waals surface area contributed by atoms with Gasteiger partial charge in [-0.1, -0.05) is 75.3 Å². The Morgan fingerprint density at radius 1 is 1.21 bits per heavy atom. The summed E-state index contributed by atoms with van der Waals surface area (Å²) >= 11 is 6.87. The minimum atomic E-state index is -0.482. The normalized spacial score (nSPS) is 15.3. The second kappa shape index (κ2) is 12.4. The first-order chi connectivity index (χ1) is 18.4. The van der Waals surface area contributed by atoms with Crippen LogP contribution in [0.4, 0.5) is 5.69 Å². The molecule has 1 saturated heterocycles. The number of nitro groups is 1. The van der Waals surface area contributed by atoms with E-state index in [9.17, 15) is 14.9 Å². The molecule has 1 aliphatic heterocycles. The van der Waals surface area contributed by atoms with Crippen LogP contribution in [0.3, 0.4) is 0 Å². The minimum absolute atomic E-state index is 0.117. The van der Waals surface area contributed by atoms with Crippen LogP contribution >= 0.6 is 24.0 Å². The highest BCUT2D eigenvalue weighted by Crippen LogP contribution is 2.37. The molecule has 0 bridgehead atoms. The molecule has 0 aliphatic carbocycles. The molecule has 1 aliphatic rings. The molecule has 1 atom stereocenters. The zero-order valence-electron chi connectivity index (χ0n) is 21.6. The third-order valence-corrected chi connectivity index (χ3v) is 7.93. The molecule has 1 unspecified atom stereocenters. The van der Waals surface area contributed by atoms with Gasteiger partial charge in [-0.2, -0.15) is 5.10 Å². The number of benzene rings is 2. The van der Waals surface area contributed by atoms with E-state index in [1.54, 1.807) is 27.8 Å². The molecule has 0 radical (unpaired) electrons. The molecule has 8 nitrogen and oxygen atoms in total. The maximum atomic E-state index is 13.4. The van der Waals surface area contributed by atoms with Crippen molar-refractivity contribution >= 4 is 46.0 Å². The fourth-order valence-electron chi connectivity index (χ4n) is 4.38. The number of ether oxygens (including phenoxy) is 1. The molecule has 0 saturated carbocycles. The van der Waals surface area contributed by atoms with Gasteiger partial charge < -0.3 is 4.74 Å². The van der Waals surface area contributed by atoms with Crippen LogP contribution in [-0.2, 0) is 4.79 Å². The molecule has 38 heavy (non-hydrogen) atoms. The van der Waals surface area contributed by atoms with Gasteiger partial charge in [-0.05, 0) is 42.7 Å². The van der Waals surface area contributed by atoms with Crippen LogP contribution in [0, 0.1) is 16.0 Å². The standard InChI is InChI=1S/C28H30N4O4S2/c1-4-6-10-19(5-2)17-30-27(33)25(38-28(30)37)16-21-18-31(22-11-8-7-9-12-22)29-26(21)20-13-14-24(36-3)23(15-20)32(34)35/h7-9,11-16,18-19H,4-6,10,17H2,1-3H3. The number of methoxy groups -OCH3 is 1. The number of carbonyl (C=O) groups is 1.